The third-order valence-corrected chi connectivity index (χ3v) is 2.06. The number of amides is 1. The summed E-state index contributed by atoms with van der Waals surface area (Å²) >= 11 is 0. The number of hydrogen-bond donors (Lipinski definition) is 3. The van der Waals surface area contributed by atoms with Crippen LogP contribution in [-0.4, -0.2) is 30.1 Å². The fourth-order valence-electron chi connectivity index (χ4n) is 1.28. The van der Waals surface area contributed by atoms with Gasteiger partial charge in [-0.05, 0) is 18.2 Å². The van der Waals surface area contributed by atoms with Crippen molar-refractivity contribution >= 4 is 17.6 Å². The number of hydrogen-bond acceptors (Lipinski definition) is 3. The van der Waals surface area contributed by atoms with E-state index in [1.807, 2.05) is 0 Å². The van der Waals surface area contributed by atoms with Crippen molar-refractivity contribution < 1.29 is 19.1 Å². The highest BCUT2D eigenvalue weighted by atomic mass is 19.1. The van der Waals surface area contributed by atoms with Crippen LogP contribution in [0.4, 0.5) is 10.1 Å². The SMILES string of the molecule is C=CCNCC(=O)Nc1ccc(F)cc1C(=O)O. The Bertz CT molecular complexity index is 474. The van der Waals surface area contributed by atoms with Crippen LogP contribution in [0.1, 0.15) is 10.4 Å². The Kier molecular flexibility index (Phi) is 5.01. The molecule has 1 aromatic carbocycles. The van der Waals surface area contributed by atoms with Crippen molar-refractivity contribution in [2.75, 3.05) is 18.4 Å². The molecule has 0 radical (unpaired) electrons. The first-order valence-corrected chi connectivity index (χ1v) is 5.19. The maximum absolute atomic E-state index is 12.9. The predicted molar refractivity (Wildman–Crippen MR) is 65.1 cm³/mol. The van der Waals surface area contributed by atoms with Gasteiger partial charge in [0.25, 0.3) is 0 Å². The number of halogens is 1. The molecule has 18 heavy (non-hydrogen) atoms. The lowest BCUT2D eigenvalue weighted by Gasteiger charge is -2.08. The zero-order valence-corrected chi connectivity index (χ0v) is 9.57. The Balaban J connectivity index is 2.74. The van der Waals surface area contributed by atoms with E-state index in [-0.39, 0.29) is 17.8 Å². The molecule has 3 N–H and O–H groups in total. The van der Waals surface area contributed by atoms with Crippen molar-refractivity contribution in [3.63, 3.8) is 0 Å². The fraction of sp³-hybridized carbons (Fsp3) is 0.167. The Hall–Kier alpha value is -2.21. The van der Waals surface area contributed by atoms with Crippen molar-refractivity contribution in [3.8, 4) is 0 Å². The number of carbonyl (C=O) groups excluding carboxylic acids is 1. The van der Waals surface area contributed by atoms with Gasteiger partial charge < -0.3 is 15.7 Å². The highest BCUT2D eigenvalue weighted by Gasteiger charge is 2.13. The standard InChI is InChI=1S/C12H13FN2O3/c1-2-5-14-7-11(16)15-10-4-3-8(13)6-9(10)12(17)18/h2-4,6,14H,1,5,7H2,(H,15,16)(H,17,18). The van der Waals surface area contributed by atoms with Gasteiger partial charge in [-0.25, -0.2) is 9.18 Å². The largest absolute Gasteiger partial charge is 0.478 e. The summed E-state index contributed by atoms with van der Waals surface area (Å²) in [6, 6.07) is 3.15. The summed E-state index contributed by atoms with van der Waals surface area (Å²) in [6.07, 6.45) is 1.59. The smallest absolute Gasteiger partial charge is 0.337 e. The molecule has 0 aromatic heterocycles. The van der Waals surface area contributed by atoms with E-state index in [1.54, 1.807) is 6.08 Å². The first-order valence-electron chi connectivity index (χ1n) is 5.19. The molecule has 1 amide bonds. The van der Waals surface area contributed by atoms with Crippen LogP contribution in [0.25, 0.3) is 0 Å². The van der Waals surface area contributed by atoms with Gasteiger partial charge in [0, 0.05) is 6.54 Å². The zero-order chi connectivity index (χ0) is 13.5. The lowest BCUT2D eigenvalue weighted by Crippen LogP contribution is -2.28. The molecule has 0 saturated heterocycles. The number of carboxylic acids is 1. The first kappa shape index (κ1) is 13.9. The van der Waals surface area contributed by atoms with Crippen LogP contribution in [0, 0.1) is 5.82 Å². The number of nitrogens with one attached hydrogen (secondary N) is 2. The van der Waals surface area contributed by atoms with Crippen LogP contribution < -0.4 is 10.6 Å². The molecule has 0 spiro atoms. The minimum absolute atomic E-state index is 0.0163. The van der Waals surface area contributed by atoms with E-state index in [4.69, 9.17) is 5.11 Å². The van der Waals surface area contributed by atoms with E-state index in [2.05, 4.69) is 17.2 Å². The number of carbonyl (C=O) groups is 2. The van der Waals surface area contributed by atoms with Crippen LogP contribution in [0.5, 0.6) is 0 Å². The molecular formula is C12H13FN2O3. The Morgan fingerprint density at radius 2 is 2.17 bits per heavy atom. The highest BCUT2D eigenvalue weighted by Crippen LogP contribution is 2.16. The second-order valence-corrected chi connectivity index (χ2v) is 3.46. The van der Waals surface area contributed by atoms with E-state index in [9.17, 15) is 14.0 Å². The van der Waals surface area contributed by atoms with Crippen LogP contribution >= 0.6 is 0 Å². The molecule has 5 nitrogen and oxygen atoms in total. The molecule has 0 aliphatic rings. The molecule has 0 unspecified atom stereocenters. The number of carboxylic acid groups (broad SMARTS) is 1. The summed E-state index contributed by atoms with van der Waals surface area (Å²) in [6.45, 7) is 3.95. The molecular weight excluding hydrogens is 239 g/mol. The van der Waals surface area contributed by atoms with Gasteiger partial charge in [0.1, 0.15) is 5.82 Å². The third kappa shape index (κ3) is 3.99. The molecule has 0 aliphatic heterocycles. The van der Waals surface area contributed by atoms with Gasteiger partial charge in [0.2, 0.25) is 5.91 Å². The van der Waals surface area contributed by atoms with Gasteiger partial charge in [0.15, 0.2) is 0 Å². The second-order valence-electron chi connectivity index (χ2n) is 3.46. The molecule has 0 fully saturated rings. The van der Waals surface area contributed by atoms with Crippen molar-refractivity contribution in [2.45, 2.75) is 0 Å². The van der Waals surface area contributed by atoms with E-state index >= 15 is 0 Å². The highest BCUT2D eigenvalue weighted by molar-refractivity contribution is 6.01. The lowest BCUT2D eigenvalue weighted by molar-refractivity contribution is -0.115. The van der Waals surface area contributed by atoms with Crippen LogP contribution in [0.15, 0.2) is 30.9 Å². The van der Waals surface area contributed by atoms with E-state index in [0.29, 0.717) is 6.54 Å². The summed E-state index contributed by atoms with van der Waals surface area (Å²) in [4.78, 5) is 22.3. The van der Waals surface area contributed by atoms with Gasteiger partial charge in [-0.3, -0.25) is 4.79 Å². The van der Waals surface area contributed by atoms with Crippen LogP contribution in [0.2, 0.25) is 0 Å². The number of rotatable bonds is 6. The maximum atomic E-state index is 12.9. The third-order valence-electron chi connectivity index (χ3n) is 2.06. The van der Waals surface area contributed by atoms with Crippen molar-refractivity contribution in [1.29, 1.82) is 0 Å². The molecule has 0 bridgehead atoms. The minimum atomic E-state index is -1.30. The average Bonchev–Trinajstić information content (AvgIpc) is 2.31. The van der Waals surface area contributed by atoms with Crippen LogP contribution in [-0.2, 0) is 4.79 Å². The van der Waals surface area contributed by atoms with Crippen molar-refractivity contribution in [2.24, 2.45) is 0 Å². The van der Waals surface area contributed by atoms with E-state index in [0.717, 1.165) is 12.1 Å². The Morgan fingerprint density at radius 1 is 1.44 bits per heavy atom. The Labute approximate surface area is 103 Å². The topological polar surface area (TPSA) is 78.4 Å². The number of aromatic carboxylic acids is 1. The Morgan fingerprint density at radius 3 is 2.78 bits per heavy atom. The molecule has 0 aliphatic carbocycles. The summed E-state index contributed by atoms with van der Waals surface area (Å²) in [5, 5.41) is 14.0. The van der Waals surface area contributed by atoms with Gasteiger partial charge in [-0.15, -0.1) is 6.58 Å². The van der Waals surface area contributed by atoms with Gasteiger partial charge in [-0.2, -0.15) is 0 Å². The average molecular weight is 252 g/mol. The molecule has 0 atom stereocenters. The predicted octanol–water partition coefficient (Wildman–Crippen LogP) is 1.24. The monoisotopic (exact) mass is 252 g/mol. The summed E-state index contributed by atoms with van der Waals surface area (Å²) in [5.41, 5.74) is -0.221. The minimum Gasteiger partial charge on any atom is -0.478 e. The van der Waals surface area contributed by atoms with Crippen molar-refractivity contribution in [1.82, 2.24) is 5.32 Å². The summed E-state index contributed by atoms with van der Waals surface area (Å²) in [7, 11) is 0. The number of benzene rings is 1. The number of anilines is 1. The molecule has 1 rings (SSSR count). The van der Waals surface area contributed by atoms with E-state index in [1.165, 1.54) is 6.07 Å². The van der Waals surface area contributed by atoms with Crippen molar-refractivity contribution in [3.05, 3.63) is 42.2 Å². The molecule has 0 saturated carbocycles. The van der Waals surface area contributed by atoms with Gasteiger partial charge >= 0.3 is 5.97 Å². The second kappa shape index (κ2) is 6.51. The fourth-order valence-corrected chi connectivity index (χ4v) is 1.28. The molecule has 1 aromatic rings. The lowest BCUT2D eigenvalue weighted by atomic mass is 10.1. The maximum Gasteiger partial charge on any atom is 0.337 e. The first-order chi connectivity index (χ1) is 8.54. The van der Waals surface area contributed by atoms with E-state index < -0.39 is 17.7 Å². The summed E-state index contributed by atoms with van der Waals surface area (Å²) < 4.78 is 12.9. The molecule has 0 heterocycles. The zero-order valence-electron chi connectivity index (χ0n) is 9.57. The van der Waals surface area contributed by atoms with Gasteiger partial charge in [0.05, 0.1) is 17.8 Å². The normalized spacial score (nSPS) is 9.83. The molecule has 6 heteroatoms. The molecule has 96 valence electrons. The van der Waals surface area contributed by atoms with Crippen LogP contribution in [0.3, 0.4) is 0 Å². The quantitative estimate of drug-likeness (QED) is 0.525. The van der Waals surface area contributed by atoms with Gasteiger partial charge in [-0.1, -0.05) is 6.08 Å². The summed E-state index contributed by atoms with van der Waals surface area (Å²) in [5.74, 6) is -2.38.